The molecule has 0 aliphatic heterocycles. The molecule has 152 valence electrons. The molecule has 0 saturated carbocycles. The molecule has 2 aromatic carbocycles. The molecule has 3 rings (SSSR count). The van der Waals surface area contributed by atoms with Crippen molar-refractivity contribution in [3.05, 3.63) is 65.7 Å². The molecule has 0 aliphatic rings. The lowest BCUT2D eigenvalue weighted by molar-refractivity contribution is 0.0954. The second-order valence-electron chi connectivity index (χ2n) is 7.26. The molecule has 1 N–H and O–H groups in total. The molecule has 7 heteroatoms. The van der Waals surface area contributed by atoms with E-state index in [0.717, 1.165) is 27.9 Å². The highest BCUT2D eigenvalue weighted by Gasteiger charge is 2.11. The van der Waals surface area contributed by atoms with Gasteiger partial charge in [-0.15, -0.1) is 10.2 Å². The summed E-state index contributed by atoms with van der Waals surface area (Å²) in [7, 11) is 1.95. The van der Waals surface area contributed by atoms with Crippen molar-refractivity contribution in [2.75, 3.05) is 12.3 Å². The molecule has 0 atom stereocenters. The van der Waals surface area contributed by atoms with E-state index >= 15 is 0 Å². The van der Waals surface area contributed by atoms with Crippen LogP contribution in [-0.4, -0.2) is 33.0 Å². The molecule has 3 aromatic rings. The zero-order valence-corrected chi connectivity index (χ0v) is 17.7. The number of aromatic nitrogens is 3. The fourth-order valence-corrected chi connectivity index (χ4v) is 3.68. The van der Waals surface area contributed by atoms with Crippen LogP contribution in [0.2, 0.25) is 0 Å². The molecule has 0 fully saturated rings. The zero-order valence-electron chi connectivity index (χ0n) is 16.9. The van der Waals surface area contributed by atoms with Gasteiger partial charge in [0, 0.05) is 31.3 Å². The molecule has 0 aliphatic carbocycles. The van der Waals surface area contributed by atoms with Crippen molar-refractivity contribution in [1.82, 2.24) is 20.1 Å². The summed E-state index contributed by atoms with van der Waals surface area (Å²) in [4.78, 5) is 12.5. The van der Waals surface area contributed by atoms with Gasteiger partial charge in [0.1, 0.15) is 11.6 Å². The van der Waals surface area contributed by atoms with E-state index in [1.54, 1.807) is 30.0 Å². The maximum Gasteiger partial charge on any atom is 0.251 e. The van der Waals surface area contributed by atoms with Gasteiger partial charge in [0.25, 0.3) is 5.91 Å². The highest BCUT2D eigenvalue weighted by Crippen LogP contribution is 2.21. The van der Waals surface area contributed by atoms with Crippen LogP contribution in [0.5, 0.6) is 0 Å². The van der Waals surface area contributed by atoms with E-state index in [4.69, 9.17) is 0 Å². The molecule has 1 heterocycles. The number of nitrogens with one attached hydrogen (secondary N) is 1. The minimum absolute atomic E-state index is 0.148. The van der Waals surface area contributed by atoms with E-state index in [2.05, 4.69) is 29.4 Å². The van der Waals surface area contributed by atoms with Gasteiger partial charge < -0.3 is 9.88 Å². The lowest BCUT2D eigenvalue weighted by atomic mass is 10.0. The van der Waals surface area contributed by atoms with Crippen molar-refractivity contribution >= 4 is 17.7 Å². The number of amides is 1. The van der Waals surface area contributed by atoms with Gasteiger partial charge in [-0.3, -0.25) is 4.79 Å². The van der Waals surface area contributed by atoms with Crippen LogP contribution in [-0.2, 0) is 13.5 Å². The number of carbonyl (C=O) groups is 1. The molecule has 0 spiro atoms. The summed E-state index contributed by atoms with van der Waals surface area (Å²) < 4.78 is 15.1. The first-order valence-electron chi connectivity index (χ1n) is 9.59. The third kappa shape index (κ3) is 5.67. The van der Waals surface area contributed by atoms with E-state index in [0.29, 0.717) is 24.4 Å². The minimum atomic E-state index is -0.280. The zero-order chi connectivity index (χ0) is 20.8. The lowest BCUT2D eigenvalue weighted by Gasteiger charge is -2.08. The van der Waals surface area contributed by atoms with E-state index in [9.17, 15) is 9.18 Å². The maximum atomic E-state index is 13.1. The average molecular weight is 413 g/mol. The summed E-state index contributed by atoms with van der Waals surface area (Å²) >= 11 is 1.69. The van der Waals surface area contributed by atoms with Crippen LogP contribution in [0, 0.1) is 11.7 Å². The molecule has 1 amide bonds. The van der Waals surface area contributed by atoms with Gasteiger partial charge in [0.15, 0.2) is 5.16 Å². The van der Waals surface area contributed by atoms with Crippen LogP contribution in [0.25, 0.3) is 11.1 Å². The number of hydrogen-bond acceptors (Lipinski definition) is 4. The van der Waals surface area contributed by atoms with Crippen molar-refractivity contribution in [1.29, 1.82) is 0 Å². The summed E-state index contributed by atoms with van der Waals surface area (Å²) in [5.74, 6) is 2.00. The van der Waals surface area contributed by atoms with Crippen LogP contribution in [0.3, 0.4) is 0 Å². The Labute approximate surface area is 174 Å². The molecular weight excluding hydrogens is 387 g/mol. The fraction of sp³-hybridized carbons (Fsp3) is 0.318. The van der Waals surface area contributed by atoms with Gasteiger partial charge in [-0.05, 0) is 41.3 Å². The Kier molecular flexibility index (Phi) is 7.04. The molecule has 0 unspecified atom stereocenters. The van der Waals surface area contributed by atoms with Crippen molar-refractivity contribution < 1.29 is 9.18 Å². The predicted molar refractivity (Wildman–Crippen MR) is 114 cm³/mol. The number of nitrogens with zero attached hydrogens (tertiary/aromatic N) is 3. The Balaban J connectivity index is 1.57. The summed E-state index contributed by atoms with van der Waals surface area (Å²) in [6.45, 7) is 4.82. The van der Waals surface area contributed by atoms with Crippen molar-refractivity contribution in [3.8, 4) is 11.1 Å². The van der Waals surface area contributed by atoms with Gasteiger partial charge in [-0.1, -0.05) is 49.9 Å². The Morgan fingerprint density at radius 3 is 2.62 bits per heavy atom. The molecule has 0 saturated heterocycles. The highest BCUT2D eigenvalue weighted by molar-refractivity contribution is 7.99. The number of rotatable bonds is 8. The fourth-order valence-electron chi connectivity index (χ4n) is 2.80. The number of halogens is 1. The molecule has 5 nitrogen and oxygen atoms in total. The molecule has 29 heavy (non-hydrogen) atoms. The Hall–Kier alpha value is -2.67. The van der Waals surface area contributed by atoms with Gasteiger partial charge in [-0.25, -0.2) is 4.39 Å². The number of carbonyl (C=O) groups excluding carboxylic acids is 1. The average Bonchev–Trinajstić information content (AvgIpc) is 3.06. The smallest absolute Gasteiger partial charge is 0.251 e. The predicted octanol–water partition coefficient (Wildman–Crippen LogP) is 4.34. The second-order valence-corrected chi connectivity index (χ2v) is 8.24. The van der Waals surface area contributed by atoms with Crippen LogP contribution in [0.4, 0.5) is 4.39 Å². The summed E-state index contributed by atoms with van der Waals surface area (Å²) in [6.07, 6.45) is 0.606. The Morgan fingerprint density at radius 1 is 1.14 bits per heavy atom. The Bertz CT molecular complexity index is 969. The summed E-state index contributed by atoms with van der Waals surface area (Å²) in [5, 5.41) is 12.3. The SMILES string of the molecule is CC(C)CSc1nnc(CCNC(=O)c2cccc(-c3ccc(F)cc3)c2)n1C. The molecule has 0 radical (unpaired) electrons. The van der Waals surface area contributed by atoms with Crippen LogP contribution >= 0.6 is 11.8 Å². The first kappa shape index (κ1) is 21.0. The van der Waals surface area contributed by atoms with Crippen LogP contribution < -0.4 is 5.32 Å². The Morgan fingerprint density at radius 2 is 1.90 bits per heavy atom. The normalized spacial score (nSPS) is 11.1. The topological polar surface area (TPSA) is 59.8 Å². The summed E-state index contributed by atoms with van der Waals surface area (Å²) in [6, 6.07) is 13.5. The van der Waals surface area contributed by atoms with E-state index in [1.807, 2.05) is 29.8 Å². The summed E-state index contributed by atoms with van der Waals surface area (Å²) in [5.41, 5.74) is 2.31. The molecular formula is C22H25FN4OS. The number of thioether (sulfide) groups is 1. The lowest BCUT2D eigenvalue weighted by Crippen LogP contribution is -2.26. The highest BCUT2D eigenvalue weighted by atomic mass is 32.2. The van der Waals surface area contributed by atoms with Gasteiger partial charge in [0.2, 0.25) is 0 Å². The first-order valence-corrected chi connectivity index (χ1v) is 10.6. The second kappa shape index (κ2) is 9.69. The van der Waals surface area contributed by atoms with E-state index < -0.39 is 0 Å². The third-order valence-corrected chi connectivity index (χ3v) is 5.85. The maximum absolute atomic E-state index is 13.1. The van der Waals surface area contributed by atoms with Gasteiger partial charge in [-0.2, -0.15) is 0 Å². The largest absolute Gasteiger partial charge is 0.352 e. The third-order valence-electron chi connectivity index (χ3n) is 4.41. The van der Waals surface area contributed by atoms with Crippen LogP contribution in [0.1, 0.15) is 30.0 Å². The first-order chi connectivity index (χ1) is 13.9. The molecule has 1 aromatic heterocycles. The van der Waals surface area contributed by atoms with Gasteiger partial charge >= 0.3 is 0 Å². The van der Waals surface area contributed by atoms with Gasteiger partial charge in [0.05, 0.1) is 0 Å². The quantitative estimate of drug-likeness (QED) is 0.559. The number of benzene rings is 2. The van der Waals surface area contributed by atoms with Crippen molar-refractivity contribution in [3.63, 3.8) is 0 Å². The van der Waals surface area contributed by atoms with Crippen molar-refractivity contribution in [2.45, 2.75) is 25.4 Å². The van der Waals surface area contributed by atoms with E-state index in [1.165, 1.54) is 12.1 Å². The van der Waals surface area contributed by atoms with E-state index in [-0.39, 0.29) is 11.7 Å². The van der Waals surface area contributed by atoms with Crippen molar-refractivity contribution in [2.24, 2.45) is 13.0 Å². The number of hydrogen-bond donors (Lipinski definition) is 1. The molecule has 0 bridgehead atoms. The standard InChI is InChI=1S/C22H25FN4OS/c1-15(2)14-29-22-26-25-20(27(22)3)11-12-24-21(28)18-6-4-5-17(13-18)16-7-9-19(23)10-8-16/h4-10,13,15H,11-12,14H2,1-3H3,(H,24,28). The van der Waals surface area contributed by atoms with Crippen LogP contribution in [0.15, 0.2) is 53.7 Å². The monoisotopic (exact) mass is 412 g/mol. The minimum Gasteiger partial charge on any atom is -0.352 e.